The summed E-state index contributed by atoms with van der Waals surface area (Å²) in [6, 6.07) is 0. The lowest BCUT2D eigenvalue weighted by Crippen LogP contribution is -2.28. The number of rotatable bonds is 19. The summed E-state index contributed by atoms with van der Waals surface area (Å²) in [5.41, 5.74) is 10.4. The smallest absolute Gasteiger partial charge is 0.221 e. The highest BCUT2D eigenvalue weighted by atomic mass is 16.2. The van der Waals surface area contributed by atoms with Crippen molar-refractivity contribution < 1.29 is 9.59 Å². The standard InChI is InChI=1S/C22H42N2O2/c1-2-3-4-5-6-7-8-9-10-11-12-13-14-15-16-17-18-20(22(24)26)19-21(23)25/h9-10,20H,2-8,11-19H2,1H3,(H2,23,25)(H2,24,26)/b10-9-. The van der Waals surface area contributed by atoms with Crippen molar-refractivity contribution in [2.24, 2.45) is 17.4 Å². The van der Waals surface area contributed by atoms with E-state index in [0.29, 0.717) is 6.42 Å². The molecule has 0 fully saturated rings. The van der Waals surface area contributed by atoms with Crippen LogP contribution in [0.2, 0.25) is 0 Å². The quantitative estimate of drug-likeness (QED) is 0.237. The van der Waals surface area contributed by atoms with E-state index in [1.807, 2.05) is 0 Å². The Morgan fingerprint density at radius 2 is 1.19 bits per heavy atom. The largest absolute Gasteiger partial charge is 0.370 e. The molecule has 2 amide bonds. The number of carbonyl (C=O) groups excluding carboxylic acids is 2. The third-order valence-corrected chi connectivity index (χ3v) is 4.91. The van der Waals surface area contributed by atoms with E-state index in [1.165, 1.54) is 77.0 Å². The van der Waals surface area contributed by atoms with Gasteiger partial charge in [0.1, 0.15) is 0 Å². The maximum atomic E-state index is 11.2. The Kier molecular flexibility index (Phi) is 17.5. The number of hydrogen-bond donors (Lipinski definition) is 2. The van der Waals surface area contributed by atoms with E-state index < -0.39 is 11.8 Å². The summed E-state index contributed by atoms with van der Waals surface area (Å²) in [6.45, 7) is 2.26. The lowest BCUT2D eigenvalue weighted by Gasteiger charge is -2.10. The Hall–Kier alpha value is -1.32. The molecule has 0 aliphatic rings. The van der Waals surface area contributed by atoms with E-state index in [1.54, 1.807) is 0 Å². The zero-order chi connectivity index (χ0) is 19.5. The Balaban J connectivity index is 3.36. The number of allylic oxidation sites excluding steroid dienone is 2. The fourth-order valence-corrected chi connectivity index (χ4v) is 3.23. The Morgan fingerprint density at radius 1 is 0.731 bits per heavy atom. The summed E-state index contributed by atoms with van der Waals surface area (Å²) in [6.07, 6.45) is 23.1. The highest BCUT2D eigenvalue weighted by Gasteiger charge is 2.17. The van der Waals surface area contributed by atoms with Gasteiger partial charge in [-0.05, 0) is 32.1 Å². The molecule has 1 atom stereocenters. The van der Waals surface area contributed by atoms with Crippen LogP contribution in [0.25, 0.3) is 0 Å². The molecule has 0 aromatic carbocycles. The summed E-state index contributed by atoms with van der Waals surface area (Å²) in [5, 5.41) is 0. The van der Waals surface area contributed by atoms with Crippen LogP contribution in [0.3, 0.4) is 0 Å². The Labute approximate surface area is 161 Å². The first-order chi connectivity index (χ1) is 12.6. The van der Waals surface area contributed by atoms with Crippen LogP contribution in [0, 0.1) is 5.92 Å². The Bertz CT molecular complexity index is 380. The molecule has 4 heteroatoms. The Morgan fingerprint density at radius 3 is 1.65 bits per heavy atom. The van der Waals surface area contributed by atoms with E-state index in [0.717, 1.165) is 12.8 Å². The van der Waals surface area contributed by atoms with Gasteiger partial charge in [0.25, 0.3) is 0 Å². The topological polar surface area (TPSA) is 86.2 Å². The van der Waals surface area contributed by atoms with Crippen LogP contribution in [0.5, 0.6) is 0 Å². The second-order valence-electron chi connectivity index (χ2n) is 7.50. The van der Waals surface area contributed by atoms with Crippen molar-refractivity contribution in [3.63, 3.8) is 0 Å². The number of hydrogen-bond acceptors (Lipinski definition) is 2. The molecular formula is C22H42N2O2. The molecule has 4 nitrogen and oxygen atoms in total. The molecular weight excluding hydrogens is 324 g/mol. The van der Waals surface area contributed by atoms with E-state index in [4.69, 9.17) is 11.5 Å². The zero-order valence-corrected chi connectivity index (χ0v) is 17.0. The highest BCUT2D eigenvalue weighted by Crippen LogP contribution is 2.15. The van der Waals surface area contributed by atoms with Gasteiger partial charge in [-0.3, -0.25) is 9.59 Å². The van der Waals surface area contributed by atoms with Crippen molar-refractivity contribution >= 4 is 11.8 Å². The minimum atomic E-state index is -0.446. The molecule has 4 N–H and O–H groups in total. The zero-order valence-electron chi connectivity index (χ0n) is 17.0. The van der Waals surface area contributed by atoms with Crippen molar-refractivity contribution in [2.45, 2.75) is 110 Å². The van der Waals surface area contributed by atoms with E-state index in [-0.39, 0.29) is 12.3 Å². The minimum Gasteiger partial charge on any atom is -0.370 e. The number of carbonyl (C=O) groups is 2. The molecule has 0 aliphatic carbocycles. The van der Waals surface area contributed by atoms with Crippen LogP contribution in [0.1, 0.15) is 110 Å². The third kappa shape index (κ3) is 17.5. The van der Waals surface area contributed by atoms with Crippen LogP contribution in [0.4, 0.5) is 0 Å². The van der Waals surface area contributed by atoms with Gasteiger partial charge in [0.15, 0.2) is 0 Å². The number of amides is 2. The summed E-state index contributed by atoms with van der Waals surface area (Å²) in [7, 11) is 0. The first kappa shape index (κ1) is 24.7. The monoisotopic (exact) mass is 366 g/mol. The van der Waals surface area contributed by atoms with E-state index >= 15 is 0 Å². The van der Waals surface area contributed by atoms with Gasteiger partial charge in [0.05, 0.1) is 0 Å². The molecule has 0 rings (SSSR count). The predicted molar refractivity (Wildman–Crippen MR) is 111 cm³/mol. The molecule has 0 bridgehead atoms. The maximum Gasteiger partial charge on any atom is 0.221 e. The second-order valence-corrected chi connectivity index (χ2v) is 7.50. The minimum absolute atomic E-state index is 0.0837. The summed E-state index contributed by atoms with van der Waals surface area (Å²) in [5.74, 6) is -1.24. The number of unbranched alkanes of at least 4 members (excludes halogenated alkanes) is 12. The molecule has 0 heterocycles. The maximum absolute atomic E-state index is 11.2. The van der Waals surface area contributed by atoms with Gasteiger partial charge in [-0.15, -0.1) is 0 Å². The van der Waals surface area contributed by atoms with Gasteiger partial charge in [-0.2, -0.15) is 0 Å². The van der Waals surface area contributed by atoms with Crippen molar-refractivity contribution in [3.8, 4) is 0 Å². The lowest BCUT2D eigenvalue weighted by molar-refractivity contribution is -0.127. The van der Waals surface area contributed by atoms with Gasteiger partial charge >= 0.3 is 0 Å². The molecule has 0 aromatic heterocycles. The van der Waals surface area contributed by atoms with Gasteiger partial charge in [-0.25, -0.2) is 0 Å². The van der Waals surface area contributed by atoms with Crippen molar-refractivity contribution in [1.82, 2.24) is 0 Å². The summed E-state index contributed by atoms with van der Waals surface area (Å²) >= 11 is 0. The predicted octanol–water partition coefficient (Wildman–Crippen LogP) is 5.39. The normalized spacial score (nSPS) is 12.5. The van der Waals surface area contributed by atoms with Crippen molar-refractivity contribution in [2.75, 3.05) is 0 Å². The highest BCUT2D eigenvalue weighted by molar-refractivity contribution is 5.83. The average Bonchev–Trinajstić information content (AvgIpc) is 2.59. The molecule has 0 radical (unpaired) electrons. The molecule has 1 unspecified atom stereocenters. The van der Waals surface area contributed by atoms with E-state index in [2.05, 4.69) is 19.1 Å². The van der Waals surface area contributed by atoms with Gasteiger partial charge < -0.3 is 11.5 Å². The van der Waals surface area contributed by atoms with Crippen LogP contribution >= 0.6 is 0 Å². The average molecular weight is 367 g/mol. The molecule has 0 aliphatic heterocycles. The van der Waals surface area contributed by atoms with Gasteiger partial charge in [0, 0.05) is 12.3 Å². The van der Waals surface area contributed by atoms with Gasteiger partial charge in [0.2, 0.25) is 11.8 Å². The molecule has 0 spiro atoms. The molecule has 0 saturated carbocycles. The third-order valence-electron chi connectivity index (χ3n) is 4.91. The molecule has 0 aromatic rings. The lowest BCUT2D eigenvalue weighted by atomic mass is 9.96. The van der Waals surface area contributed by atoms with Crippen molar-refractivity contribution in [1.29, 1.82) is 0 Å². The van der Waals surface area contributed by atoms with Crippen LogP contribution in [0.15, 0.2) is 12.2 Å². The summed E-state index contributed by atoms with van der Waals surface area (Å²) < 4.78 is 0. The van der Waals surface area contributed by atoms with Crippen molar-refractivity contribution in [3.05, 3.63) is 12.2 Å². The molecule has 26 heavy (non-hydrogen) atoms. The van der Waals surface area contributed by atoms with Crippen LogP contribution < -0.4 is 11.5 Å². The van der Waals surface area contributed by atoms with Gasteiger partial charge in [-0.1, -0.05) is 83.3 Å². The van der Waals surface area contributed by atoms with Crippen LogP contribution in [-0.4, -0.2) is 11.8 Å². The van der Waals surface area contributed by atoms with Crippen LogP contribution in [-0.2, 0) is 9.59 Å². The fraction of sp³-hybridized carbons (Fsp3) is 0.818. The SMILES string of the molecule is CCCCCCCC/C=C\CCCCCCCCC(CC(N)=O)C(N)=O. The molecule has 152 valence electrons. The molecule has 0 saturated heterocycles. The number of primary amides is 2. The first-order valence-electron chi connectivity index (χ1n) is 10.8. The van der Waals surface area contributed by atoms with E-state index in [9.17, 15) is 9.59 Å². The fourth-order valence-electron chi connectivity index (χ4n) is 3.23. The summed E-state index contributed by atoms with van der Waals surface area (Å²) in [4.78, 5) is 22.1. The number of nitrogens with two attached hydrogens (primary N) is 2. The second kappa shape index (κ2) is 18.5. The first-order valence-corrected chi connectivity index (χ1v) is 10.8.